The first-order valence-corrected chi connectivity index (χ1v) is 8.68. The average Bonchev–Trinajstić information content (AvgIpc) is 2.91. The minimum absolute atomic E-state index is 0.217. The monoisotopic (exact) mass is 357 g/mol. The molecule has 0 N–H and O–H groups in total. The molecule has 0 bridgehead atoms. The molecule has 0 saturated carbocycles. The minimum atomic E-state index is -0.575. The van der Waals surface area contributed by atoms with Crippen LogP contribution in [0.2, 0.25) is 5.02 Å². The number of carbonyl (C=O) groups is 2. The predicted molar refractivity (Wildman–Crippen MR) is 96.3 cm³/mol. The van der Waals surface area contributed by atoms with E-state index >= 15 is 0 Å². The zero-order valence-corrected chi connectivity index (χ0v) is 14.9. The number of carbonyl (C=O) groups excluding carboxylic acids is 2. The van der Waals surface area contributed by atoms with E-state index in [-0.39, 0.29) is 17.9 Å². The highest BCUT2D eigenvalue weighted by Gasteiger charge is 2.44. The number of hydrogen-bond acceptors (Lipinski definition) is 3. The number of ether oxygens (including phenoxy) is 1. The smallest absolute Gasteiger partial charge is 0.417 e. The van der Waals surface area contributed by atoms with E-state index in [0.29, 0.717) is 11.4 Å². The highest BCUT2D eigenvalue weighted by molar-refractivity contribution is 6.30. The molecule has 0 spiro atoms. The summed E-state index contributed by atoms with van der Waals surface area (Å²) in [7, 11) is 0. The Hall–Kier alpha value is -2.33. The van der Waals surface area contributed by atoms with E-state index in [4.69, 9.17) is 16.3 Å². The van der Waals surface area contributed by atoms with Crippen molar-refractivity contribution in [3.8, 4) is 0 Å². The Balaban J connectivity index is 1.72. The van der Waals surface area contributed by atoms with Crippen LogP contribution in [0.3, 0.4) is 0 Å². The van der Waals surface area contributed by atoms with Gasteiger partial charge in [-0.3, -0.25) is 4.79 Å². The first-order valence-electron chi connectivity index (χ1n) is 8.30. The number of halogens is 1. The van der Waals surface area contributed by atoms with Crippen LogP contribution in [-0.4, -0.2) is 22.9 Å². The summed E-state index contributed by atoms with van der Waals surface area (Å²) in [5, 5.41) is 0.658. The molecule has 0 unspecified atom stereocenters. The number of cyclic esters (lactones) is 1. The zero-order chi connectivity index (χ0) is 18.0. The third-order valence-electron chi connectivity index (χ3n) is 4.51. The lowest BCUT2D eigenvalue weighted by atomic mass is 9.98. The van der Waals surface area contributed by atoms with Gasteiger partial charge in [0.25, 0.3) is 0 Å². The third-order valence-corrected chi connectivity index (χ3v) is 4.76. The minimum Gasteiger partial charge on any atom is -0.439 e. The molecule has 3 rings (SSSR count). The van der Waals surface area contributed by atoms with Gasteiger partial charge in [-0.2, -0.15) is 0 Å². The molecule has 1 saturated heterocycles. The zero-order valence-electron chi connectivity index (χ0n) is 14.2. The van der Waals surface area contributed by atoms with Crippen LogP contribution in [0.1, 0.15) is 31.1 Å². The second kappa shape index (κ2) is 7.28. The van der Waals surface area contributed by atoms with E-state index < -0.39 is 12.2 Å². The van der Waals surface area contributed by atoms with E-state index in [1.54, 1.807) is 12.1 Å². The van der Waals surface area contributed by atoms with Crippen molar-refractivity contribution >= 4 is 23.6 Å². The fraction of sp³-hybridized carbons (Fsp3) is 0.300. The van der Waals surface area contributed by atoms with Gasteiger partial charge < -0.3 is 4.74 Å². The lowest BCUT2D eigenvalue weighted by molar-refractivity contribution is -0.132. The van der Waals surface area contributed by atoms with Crippen molar-refractivity contribution in [3.05, 3.63) is 70.7 Å². The first-order chi connectivity index (χ1) is 12.0. The van der Waals surface area contributed by atoms with Crippen LogP contribution in [0, 0.1) is 5.92 Å². The molecule has 3 atom stereocenters. The van der Waals surface area contributed by atoms with Gasteiger partial charge in [0.1, 0.15) is 6.10 Å². The molecule has 0 aromatic heterocycles. The third kappa shape index (κ3) is 3.69. The van der Waals surface area contributed by atoms with E-state index in [2.05, 4.69) is 0 Å². The van der Waals surface area contributed by atoms with E-state index in [9.17, 15) is 9.59 Å². The number of rotatable bonds is 4. The maximum Gasteiger partial charge on any atom is 0.417 e. The normalized spacial score (nSPS) is 21.1. The van der Waals surface area contributed by atoms with Crippen LogP contribution in [0.5, 0.6) is 0 Å². The van der Waals surface area contributed by atoms with Crippen LogP contribution in [0.25, 0.3) is 0 Å². The molecule has 5 heteroatoms. The van der Waals surface area contributed by atoms with Crippen LogP contribution < -0.4 is 0 Å². The molecular weight excluding hydrogens is 338 g/mol. The Bertz CT molecular complexity index is 760. The summed E-state index contributed by atoms with van der Waals surface area (Å²) < 4.78 is 5.46. The standard InChI is InChI=1S/C20H20ClNO3/c1-13(12-15-8-10-17(21)11-9-15)19(23)22-14(2)18(25-20(22)24)16-6-4-3-5-7-16/h3-11,13-14,18H,12H2,1-2H3/t13-,14+,18+/m0/s1. The lowest BCUT2D eigenvalue weighted by Crippen LogP contribution is -2.41. The van der Waals surface area contributed by atoms with Crippen LogP contribution in [0.15, 0.2) is 54.6 Å². The molecular formula is C20H20ClNO3. The van der Waals surface area contributed by atoms with Gasteiger partial charge >= 0.3 is 6.09 Å². The van der Waals surface area contributed by atoms with Crippen molar-refractivity contribution in [1.29, 1.82) is 0 Å². The van der Waals surface area contributed by atoms with Gasteiger partial charge in [0, 0.05) is 10.9 Å². The number of nitrogens with zero attached hydrogens (tertiary/aromatic N) is 1. The molecule has 1 heterocycles. The van der Waals surface area contributed by atoms with Crippen molar-refractivity contribution in [2.75, 3.05) is 0 Å². The van der Waals surface area contributed by atoms with Crippen LogP contribution >= 0.6 is 11.6 Å². The second-order valence-corrected chi connectivity index (χ2v) is 6.83. The molecule has 2 aromatic carbocycles. The molecule has 0 radical (unpaired) electrons. The van der Waals surface area contributed by atoms with Crippen LogP contribution in [0.4, 0.5) is 4.79 Å². The Morgan fingerprint density at radius 2 is 1.80 bits per heavy atom. The summed E-state index contributed by atoms with van der Waals surface area (Å²) >= 11 is 5.89. The van der Waals surface area contributed by atoms with Crippen LogP contribution in [-0.2, 0) is 16.0 Å². The summed E-state index contributed by atoms with van der Waals surface area (Å²) in [4.78, 5) is 26.3. The molecule has 0 aliphatic carbocycles. The molecule has 4 nitrogen and oxygen atoms in total. The first kappa shape index (κ1) is 17.5. The van der Waals surface area contributed by atoms with Crippen molar-refractivity contribution in [1.82, 2.24) is 4.90 Å². The molecule has 2 aromatic rings. The van der Waals surface area contributed by atoms with Gasteiger partial charge in [-0.1, -0.05) is 61.0 Å². The summed E-state index contributed by atoms with van der Waals surface area (Å²) in [6.07, 6.45) is -0.461. The molecule has 130 valence electrons. The lowest BCUT2D eigenvalue weighted by Gasteiger charge is -2.22. The van der Waals surface area contributed by atoms with Crippen molar-refractivity contribution < 1.29 is 14.3 Å². The van der Waals surface area contributed by atoms with E-state index in [1.165, 1.54) is 4.90 Å². The molecule has 25 heavy (non-hydrogen) atoms. The number of hydrogen-bond donors (Lipinski definition) is 0. The molecule has 1 aliphatic rings. The SMILES string of the molecule is C[C@@H]1[C@H](c2ccccc2)OC(=O)N1C(=O)[C@@H](C)Cc1ccc(Cl)cc1. The topological polar surface area (TPSA) is 46.6 Å². The molecule has 1 aliphatic heterocycles. The quantitative estimate of drug-likeness (QED) is 0.801. The average molecular weight is 358 g/mol. The van der Waals surface area contributed by atoms with Crippen molar-refractivity contribution in [2.24, 2.45) is 5.92 Å². The summed E-state index contributed by atoms with van der Waals surface area (Å²) in [6, 6.07) is 16.5. The highest BCUT2D eigenvalue weighted by atomic mass is 35.5. The predicted octanol–water partition coefficient (Wildman–Crippen LogP) is 4.63. The maximum absolute atomic E-state index is 12.8. The van der Waals surface area contributed by atoms with Crippen molar-refractivity contribution in [2.45, 2.75) is 32.4 Å². The van der Waals surface area contributed by atoms with E-state index in [1.807, 2.05) is 56.3 Å². The second-order valence-electron chi connectivity index (χ2n) is 6.40. The summed E-state index contributed by atoms with van der Waals surface area (Å²) in [5.41, 5.74) is 1.90. The summed E-state index contributed by atoms with van der Waals surface area (Å²) in [5.74, 6) is -0.545. The Morgan fingerprint density at radius 3 is 2.44 bits per heavy atom. The van der Waals surface area contributed by atoms with Crippen molar-refractivity contribution in [3.63, 3.8) is 0 Å². The number of benzene rings is 2. The maximum atomic E-state index is 12.8. The van der Waals surface area contributed by atoms with Gasteiger partial charge in [-0.15, -0.1) is 0 Å². The summed E-state index contributed by atoms with van der Waals surface area (Å²) in [6.45, 7) is 3.67. The fourth-order valence-electron chi connectivity index (χ4n) is 3.14. The van der Waals surface area contributed by atoms with Gasteiger partial charge in [0.2, 0.25) is 5.91 Å². The van der Waals surface area contributed by atoms with Gasteiger partial charge in [0.05, 0.1) is 6.04 Å². The van der Waals surface area contributed by atoms with Gasteiger partial charge in [-0.25, -0.2) is 9.69 Å². The van der Waals surface area contributed by atoms with Gasteiger partial charge in [-0.05, 0) is 36.6 Å². The van der Waals surface area contributed by atoms with Gasteiger partial charge in [0.15, 0.2) is 0 Å². The Morgan fingerprint density at radius 1 is 1.16 bits per heavy atom. The largest absolute Gasteiger partial charge is 0.439 e. The fourth-order valence-corrected chi connectivity index (χ4v) is 3.27. The number of imide groups is 1. The molecule has 1 fully saturated rings. The Labute approximate surface area is 152 Å². The highest BCUT2D eigenvalue weighted by Crippen LogP contribution is 2.33. The Kier molecular flexibility index (Phi) is 5.09. The number of amides is 2. The molecule has 2 amide bonds. The van der Waals surface area contributed by atoms with E-state index in [0.717, 1.165) is 11.1 Å².